The molecule has 11 heteroatoms. The summed E-state index contributed by atoms with van der Waals surface area (Å²) in [6, 6.07) is 14.6. The highest BCUT2D eigenvalue weighted by Crippen LogP contribution is 2.28. The highest BCUT2D eigenvalue weighted by Gasteiger charge is 2.20. The second-order valence-corrected chi connectivity index (χ2v) is 10.2. The Labute approximate surface area is 212 Å². The molecule has 0 bridgehead atoms. The second kappa shape index (κ2) is 12.3. The number of ether oxygens (including phenoxy) is 2. The van der Waals surface area contributed by atoms with Gasteiger partial charge in [-0.3, -0.25) is 9.08 Å². The molecule has 1 saturated heterocycles. The fourth-order valence-electron chi connectivity index (χ4n) is 4.02. The van der Waals surface area contributed by atoms with Gasteiger partial charge in [-0.1, -0.05) is 35.0 Å². The second-order valence-electron chi connectivity index (χ2n) is 8.61. The minimum absolute atomic E-state index is 0.0420. The maximum atomic E-state index is 12.2. The average Bonchev–Trinajstić information content (AvgIpc) is 3.34. The highest BCUT2D eigenvalue weighted by atomic mass is 32.2. The quantitative estimate of drug-likeness (QED) is 0.266. The Bertz CT molecular complexity index is 1210. The molecule has 2 aromatic carbocycles. The molecule has 194 valence electrons. The molecule has 1 aliphatic heterocycles. The number of aryl methyl sites for hydroxylation is 1. The highest BCUT2D eigenvalue weighted by molar-refractivity contribution is 7.86. The monoisotopic (exact) mass is 515 g/mol. The number of methoxy groups -OCH3 is 1. The van der Waals surface area contributed by atoms with Gasteiger partial charge in [-0.05, 0) is 31.2 Å². The van der Waals surface area contributed by atoms with Crippen molar-refractivity contribution in [3.8, 4) is 5.75 Å². The van der Waals surface area contributed by atoms with Crippen molar-refractivity contribution in [3.63, 3.8) is 0 Å². The Kier molecular flexibility index (Phi) is 8.92. The van der Waals surface area contributed by atoms with E-state index in [9.17, 15) is 8.42 Å². The van der Waals surface area contributed by atoms with Crippen molar-refractivity contribution in [1.29, 1.82) is 0 Å². The summed E-state index contributed by atoms with van der Waals surface area (Å²) in [6.45, 7) is 7.38. The number of anilines is 1. The van der Waals surface area contributed by atoms with E-state index in [1.165, 1.54) is 12.1 Å². The topological polar surface area (TPSA) is 99.0 Å². The fraction of sp³-hybridized carbons (Fsp3) is 0.440. The summed E-state index contributed by atoms with van der Waals surface area (Å²) in [5, 5.41) is 8.46. The third-order valence-electron chi connectivity index (χ3n) is 6.01. The number of rotatable bonds is 12. The summed E-state index contributed by atoms with van der Waals surface area (Å²) >= 11 is 0. The number of hydrogen-bond donors (Lipinski definition) is 0. The Morgan fingerprint density at radius 1 is 0.944 bits per heavy atom. The molecule has 2 heterocycles. The van der Waals surface area contributed by atoms with Gasteiger partial charge in [0.05, 0.1) is 49.8 Å². The van der Waals surface area contributed by atoms with Gasteiger partial charge in [-0.2, -0.15) is 8.42 Å². The molecule has 0 N–H and O–H groups in total. The molecule has 1 fully saturated rings. The van der Waals surface area contributed by atoms with Crippen molar-refractivity contribution in [2.24, 2.45) is 0 Å². The van der Waals surface area contributed by atoms with Crippen LogP contribution in [0.2, 0.25) is 0 Å². The normalized spacial score (nSPS) is 14.8. The maximum absolute atomic E-state index is 12.2. The van der Waals surface area contributed by atoms with Gasteiger partial charge in [0.1, 0.15) is 5.75 Å². The minimum Gasteiger partial charge on any atom is -0.495 e. The van der Waals surface area contributed by atoms with Gasteiger partial charge in [0.15, 0.2) is 0 Å². The molecule has 1 aromatic heterocycles. The lowest BCUT2D eigenvalue weighted by molar-refractivity contribution is 0.0941. The summed E-state index contributed by atoms with van der Waals surface area (Å²) in [4.78, 5) is 4.85. The Morgan fingerprint density at radius 3 is 2.44 bits per heavy atom. The van der Waals surface area contributed by atoms with Gasteiger partial charge in [-0.15, -0.1) is 5.10 Å². The van der Waals surface area contributed by atoms with E-state index >= 15 is 0 Å². The molecule has 1 aliphatic rings. The molecule has 0 unspecified atom stereocenters. The Balaban J connectivity index is 1.13. The SMILES string of the molecule is COc1ccccc1N1CCN(Cc2cn(CCOCCOS(=O)(=O)c3ccc(C)cc3)nn2)CC1. The zero-order chi connectivity index (χ0) is 25.4. The molecular formula is C25H33N5O5S. The molecule has 0 aliphatic carbocycles. The van der Waals surface area contributed by atoms with Crippen LogP contribution in [0.4, 0.5) is 5.69 Å². The zero-order valence-corrected chi connectivity index (χ0v) is 21.6. The van der Waals surface area contributed by atoms with E-state index in [0.717, 1.165) is 55.4 Å². The van der Waals surface area contributed by atoms with Crippen molar-refractivity contribution in [1.82, 2.24) is 19.9 Å². The third kappa shape index (κ3) is 7.03. The van der Waals surface area contributed by atoms with E-state index in [-0.39, 0.29) is 18.1 Å². The summed E-state index contributed by atoms with van der Waals surface area (Å²) in [5.74, 6) is 0.899. The molecule has 10 nitrogen and oxygen atoms in total. The van der Waals surface area contributed by atoms with Gasteiger partial charge < -0.3 is 14.4 Å². The summed E-state index contributed by atoms with van der Waals surface area (Å²) in [5.41, 5.74) is 3.03. The molecular weight excluding hydrogens is 482 g/mol. The van der Waals surface area contributed by atoms with E-state index in [0.29, 0.717) is 13.2 Å². The van der Waals surface area contributed by atoms with Crippen molar-refractivity contribution >= 4 is 15.8 Å². The predicted molar refractivity (Wildman–Crippen MR) is 136 cm³/mol. The van der Waals surface area contributed by atoms with Crippen LogP contribution in [-0.2, 0) is 32.1 Å². The first kappa shape index (κ1) is 26.1. The van der Waals surface area contributed by atoms with Crippen molar-refractivity contribution in [3.05, 3.63) is 66.0 Å². The van der Waals surface area contributed by atoms with Crippen LogP contribution in [-0.4, -0.2) is 81.4 Å². The lowest BCUT2D eigenvalue weighted by Gasteiger charge is -2.36. The van der Waals surface area contributed by atoms with Crippen LogP contribution >= 0.6 is 0 Å². The Hall–Kier alpha value is -2.99. The van der Waals surface area contributed by atoms with E-state index in [1.807, 2.05) is 31.3 Å². The van der Waals surface area contributed by atoms with E-state index in [2.05, 4.69) is 26.2 Å². The smallest absolute Gasteiger partial charge is 0.297 e. The largest absolute Gasteiger partial charge is 0.495 e. The summed E-state index contributed by atoms with van der Waals surface area (Å²) in [7, 11) is -2.07. The number of aromatic nitrogens is 3. The number of piperazine rings is 1. The number of hydrogen-bond acceptors (Lipinski definition) is 9. The average molecular weight is 516 g/mol. The first-order valence-electron chi connectivity index (χ1n) is 12.0. The van der Waals surface area contributed by atoms with Crippen LogP contribution in [0.15, 0.2) is 59.6 Å². The molecule has 0 atom stereocenters. The zero-order valence-electron chi connectivity index (χ0n) is 20.7. The summed E-state index contributed by atoms with van der Waals surface area (Å²) in [6.07, 6.45) is 1.92. The number of nitrogens with zero attached hydrogens (tertiary/aromatic N) is 5. The lowest BCUT2D eigenvalue weighted by Crippen LogP contribution is -2.46. The third-order valence-corrected chi connectivity index (χ3v) is 7.34. The van der Waals surface area contributed by atoms with E-state index in [1.54, 1.807) is 23.9 Å². The van der Waals surface area contributed by atoms with E-state index in [4.69, 9.17) is 13.7 Å². The molecule has 0 amide bonds. The van der Waals surface area contributed by atoms with Gasteiger partial charge in [0, 0.05) is 38.9 Å². The maximum Gasteiger partial charge on any atom is 0.297 e. The fourth-order valence-corrected chi connectivity index (χ4v) is 4.92. The Morgan fingerprint density at radius 2 is 1.69 bits per heavy atom. The first-order chi connectivity index (χ1) is 17.4. The van der Waals surface area contributed by atoms with E-state index < -0.39 is 10.1 Å². The van der Waals surface area contributed by atoms with Crippen LogP contribution in [0, 0.1) is 6.92 Å². The van der Waals surface area contributed by atoms with Gasteiger partial charge in [-0.25, -0.2) is 4.68 Å². The molecule has 0 saturated carbocycles. The van der Waals surface area contributed by atoms with Crippen LogP contribution in [0.3, 0.4) is 0 Å². The molecule has 0 radical (unpaired) electrons. The van der Waals surface area contributed by atoms with Crippen LogP contribution in [0.25, 0.3) is 0 Å². The van der Waals surface area contributed by atoms with Crippen LogP contribution < -0.4 is 9.64 Å². The predicted octanol–water partition coefficient (Wildman–Crippen LogP) is 2.34. The molecule has 0 spiro atoms. The molecule has 36 heavy (non-hydrogen) atoms. The van der Waals surface area contributed by atoms with Gasteiger partial charge in [0.25, 0.3) is 10.1 Å². The molecule has 3 aromatic rings. The first-order valence-corrected chi connectivity index (χ1v) is 13.4. The summed E-state index contributed by atoms with van der Waals surface area (Å²) < 4.78 is 42.1. The number of para-hydroxylation sites is 2. The minimum atomic E-state index is -3.77. The van der Waals surface area contributed by atoms with Crippen molar-refractivity contribution in [2.75, 3.05) is 58.0 Å². The van der Waals surface area contributed by atoms with Crippen LogP contribution in [0.1, 0.15) is 11.3 Å². The lowest BCUT2D eigenvalue weighted by atomic mass is 10.2. The molecule has 4 rings (SSSR count). The van der Waals surface area contributed by atoms with Gasteiger partial charge in [0.2, 0.25) is 0 Å². The standard InChI is InChI=1S/C25H33N5O5S/c1-21-7-9-23(10-8-21)36(31,32)35-18-17-34-16-15-30-20-22(26-27-30)19-28-11-13-29(14-12-28)24-5-3-4-6-25(24)33-2/h3-10,20H,11-19H2,1-2H3. The van der Waals surface area contributed by atoms with Crippen molar-refractivity contribution < 1.29 is 22.1 Å². The van der Waals surface area contributed by atoms with Gasteiger partial charge >= 0.3 is 0 Å². The number of benzene rings is 2. The van der Waals surface area contributed by atoms with Crippen LogP contribution in [0.5, 0.6) is 5.75 Å². The van der Waals surface area contributed by atoms with Crippen molar-refractivity contribution in [2.45, 2.75) is 24.9 Å².